The molecule has 2 rings (SSSR count). The summed E-state index contributed by atoms with van der Waals surface area (Å²) < 4.78 is 5.29. The van der Waals surface area contributed by atoms with Crippen LogP contribution in [0.1, 0.15) is 5.56 Å². The molecule has 6 nitrogen and oxygen atoms in total. The number of primary amides is 1. The average Bonchev–Trinajstić information content (AvgIpc) is 2.46. The van der Waals surface area contributed by atoms with E-state index >= 15 is 0 Å². The zero-order valence-electron chi connectivity index (χ0n) is 11.8. The molecule has 0 spiro atoms. The van der Waals surface area contributed by atoms with Gasteiger partial charge in [0, 0.05) is 18.4 Å². The Hall–Kier alpha value is -2.76. The van der Waals surface area contributed by atoms with Crippen molar-refractivity contribution in [1.29, 1.82) is 0 Å². The highest BCUT2D eigenvalue weighted by molar-refractivity contribution is 5.79. The molecule has 21 heavy (non-hydrogen) atoms. The Kier molecular flexibility index (Phi) is 4.61. The number of nitrogens with two attached hydrogens (primary N) is 2. The van der Waals surface area contributed by atoms with Crippen molar-refractivity contribution in [3.05, 3.63) is 48.2 Å². The summed E-state index contributed by atoms with van der Waals surface area (Å²) in [7, 11) is 1.56. The van der Waals surface area contributed by atoms with Gasteiger partial charge in [-0.25, -0.2) is 4.98 Å². The molecule has 0 saturated heterocycles. The van der Waals surface area contributed by atoms with Crippen LogP contribution in [0.4, 0.5) is 11.5 Å². The van der Waals surface area contributed by atoms with Gasteiger partial charge in [0.25, 0.3) is 0 Å². The largest absolute Gasteiger partial charge is 0.493 e. The van der Waals surface area contributed by atoms with Gasteiger partial charge < -0.3 is 21.1 Å². The fraction of sp³-hybridized carbons (Fsp3) is 0.200. The summed E-state index contributed by atoms with van der Waals surface area (Å²) in [5.74, 6) is 0.718. The van der Waals surface area contributed by atoms with Crippen LogP contribution in [-0.4, -0.2) is 24.5 Å². The lowest BCUT2D eigenvalue weighted by Gasteiger charge is -2.24. The summed E-state index contributed by atoms with van der Waals surface area (Å²) in [6.07, 6.45) is 1.64. The van der Waals surface area contributed by atoms with E-state index in [-0.39, 0.29) is 6.54 Å². The van der Waals surface area contributed by atoms with Crippen LogP contribution < -0.4 is 21.1 Å². The van der Waals surface area contributed by atoms with Gasteiger partial charge in [-0.1, -0.05) is 12.1 Å². The molecular formula is C15H18N4O2. The fourth-order valence-electron chi connectivity index (χ4n) is 2.08. The Bertz CT molecular complexity index is 631. The van der Waals surface area contributed by atoms with Gasteiger partial charge in [0.1, 0.15) is 0 Å². The Morgan fingerprint density at radius 3 is 2.81 bits per heavy atom. The van der Waals surface area contributed by atoms with E-state index in [4.69, 9.17) is 16.2 Å². The number of carbonyl (C=O) groups excluding carboxylic acids is 1. The van der Waals surface area contributed by atoms with E-state index in [9.17, 15) is 4.79 Å². The smallest absolute Gasteiger partial charge is 0.237 e. The minimum Gasteiger partial charge on any atom is -0.493 e. The number of carbonyl (C=O) groups is 1. The highest BCUT2D eigenvalue weighted by Crippen LogP contribution is 2.26. The Morgan fingerprint density at radius 1 is 1.33 bits per heavy atom. The number of ether oxygens (including phenoxy) is 1. The molecule has 0 radical (unpaired) electrons. The lowest BCUT2D eigenvalue weighted by molar-refractivity contribution is -0.116. The highest BCUT2D eigenvalue weighted by Gasteiger charge is 2.16. The second kappa shape index (κ2) is 6.60. The van der Waals surface area contributed by atoms with Crippen LogP contribution in [0.3, 0.4) is 0 Å². The van der Waals surface area contributed by atoms with E-state index in [1.807, 2.05) is 24.3 Å². The third-order valence-corrected chi connectivity index (χ3v) is 2.94. The number of aromatic nitrogens is 1. The summed E-state index contributed by atoms with van der Waals surface area (Å²) in [4.78, 5) is 17.4. The summed E-state index contributed by atoms with van der Waals surface area (Å²) >= 11 is 0. The monoisotopic (exact) mass is 286 g/mol. The molecule has 0 aliphatic heterocycles. The quantitative estimate of drug-likeness (QED) is 0.777. The molecule has 110 valence electrons. The van der Waals surface area contributed by atoms with Crippen LogP contribution in [0.25, 0.3) is 0 Å². The molecule has 0 saturated carbocycles. The van der Waals surface area contributed by atoms with Gasteiger partial charge in [-0.05, 0) is 29.8 Å². The Labute approximate surface area is 123 Å². The number of benzene rings is 1. The van der Waals surface area contributed by atoms with Gasteiger partial charge in [-0.15, -0.1) is 0 Å². The minimum absolute atomic E-state index is 0.0438. The number of anilines is 2. The molecular weight excluding hydrogens is 268 g/mol. The lowest BCUT2D eigenvalue weighted by Crippen LogP contribution is -2.34. The van der Waals surface area contributed by atoms with Crippen molar-refractivity contribution < 1.29 is 9.53 Å². The molecule has 0 aliphatic rings. The van der Waals surface area contributed by atoms with Crippen LogP contribution >= 0.6 is 0 Å². The molecule has 0 unspecified atom stereocenters. The number of nitrogen functional groups attached to an aromatic ring is 1. The zero-order valence-corrected chi connectivity index (χ0v) is 11.8. The summed E-state index contributed by atoms with van der Waals surface area (Å²) in [6.45, 7) is 0.503. The van der Waals surface area contributed by atoms with Crippen molar-refractivity contribution in [2.24, 2.45) is 5.73 Å². The summed E-state index contributed by atoms with van der Waals surface area (Å²) in [5.41, 5.74) is 12.7. The Balaban J connectivity index is 2.32. The van der Waals surface area contributed by atoms with Crippen LogP contribution in [0.2, 0.25) is 0 Å². The molecule has 4 N–H and O–H groups in total. The van der Waals surface area contributed by atoms with E-state index in [0.717, 1.165) is 5.56 Å². The molecule has 6 heteroatoms. The molecule has 0 aliphatic carbocycles. The van der Waals surface area contributed by atoms with E-state index in [1.54, 1.807) is 30.3 Å². The maximum Gasteiger partial charge on any atom is 0.237 e. The maximum absolute atomic E-state index is 11.3. The van der Waals surface area contributed by atoms with Gasteiger partial charge in [0.2, 0.25) is 5.91 Å². The minimum atomic E-state index is -0.438. The van der Waals surface area contributed by atoms with Crippen molar-refractivity contribution in [2.75, 3.05) is 24.3 Å². The highest BCUT2D eigenvalue weighted by atomic mass is 16.5. The van der Waals surface area contributed by atoms with Gasteiger partial charge in [0.15, 0.2) is 11.6 Å². The van der Waals surface area contributed by atoms with E-state index < -0.39 is 5.91 Å². The van der Waals surface area contributed by atoms with E-state index in [2.05, 4.69) is 4.98 Å². The van der Waals surface area contributed by atoms with Gasteiger partial charge in [-0.2, -0.15) is 0 Å². The SMILES string of the molecule is COc1cccnc1N(CC(N)=O)Cc1cccc(N)c1. The van der Waals surface area contributed by atoms with E-state index in [1.165, 1.54) is 0 Å². The predicted octanol–water partition coefficient (Wildman–Crippen LogP) is 1.16. The van der Waals surface area contributed by atoms with Crippen molar-refractivity contribution >= 4 is 17.4 Å². The fourth-order valence-corrected chi connectivity index (χ4v) is 2.08. The van der Waals surface area contributed by atoms with Gasteiger partial charge >= 0.3 is 0 Å². The van der Waals surface area contributed by atoms with Gasteiger partial charge in [-0.3, -0.25) is 4.79 Å². The summed E-state index contributed by atoms with van der Waals surface area (Å²) in [5, 5.41) is 0. The first-order valence-electron chi connectivity index (χ1n) is 6.47. The molecule has 0 bridgehead atoms. The molecule has 2 aromatic rings. The van der Waals surface area contributed by atoms with Crippen LogP contribution in [0.5, 0.6) is 5.75 Å². The van der Waals surface area contributed by atoms with Crippen molar-refractivity contribution in [3.8, 4) is 5.75 Å². The Morgan fingerprint density at radius 2 is 2.14 bits per heavy atom. The van der Waals surface area contributed by atoms with Crippen LogP contribution in [-0.2, 0) is 11.3 Å². The van der Waals surface area contributed by atoms with Gasteiger partial charge in [0.05, 0.1) is 13.7 Å². The van der Waals surface area contributed by atoms with Crippen molar-refractivity contribution in [1.82, 2.24) is 4.98 Å². The first-order chi connectivity index (χ1) is 10.1. The molecule has 0 atom stereocenters. The first-order valence-corrected chi connectivity index (χ1v) is 6.47. The number of pyridine rings is 1. The number of methoxy groups -OCH3 is 1. The molecule has 0 fully saturated rings. The van der Waals surface area contributed by atoms with Crippen LogP contribution in [0, 0.1) is 0 Å². The maximum atomic E-state index is 11.3. The first kappa shape index (κ1) is 14.6. The second-order valence-corrected chi connectivity index (χ2v) is 4.60. The molecule has 1 aromatic heterocycles. The predicted molar refractivity (Wildman–Crippen MR) is 81.9 cm³/mol. The molecule has 1 amide bonds. The standard InChI is InChI=1S/C15H18N4O2/c1-21-13-6-3-7-18-15(13)19(10-14(17)20)9-11-4-2-5-12(16)8-11/h2-8H,9-10,16H2,1H3,(H2,17,20). The number of nitrogens with zero attached hydrogens (tertiary/aromatic N) is 2. The van der Waals surface area contributed by atoms with Crippen LogP contribution in [0.15, 0.2) is 42.6 Å². The number of amides is 1. The topological polar surface area (TPSA) is 94.5 Å². The summed E-state index contributed by atoms with van der Waals surface area (Å²) in [6, 6.07) is 11.0. The lowest BCUT2D eigenvalue weighted by atomic mass is 10.2. The average molecular weight is 286 g/mol. The number of rotatable bonds is 6. The normalized spacial score (nSPS) is 10.1. The van der Waals surface area contributed by atoms with Crippen molar-refractivity contribution in [3.63, 3.8) is 0 Å². The van der Waals surface area contributed by atoms with Crippen molar-refractivity contribution in [2.45, 2.75) is 6.54 Å². The molecule has 1 heterocycles. The third kappa shape index (κ3) is 3.85. The molecule has 1 aromatic carbocycles. The van der Waals surface area contributed by atoms with E-state index in [0.29, 0.717) is 23.8 Å². The third-order valence-electron chi connectivity index (χ3n) is 2.94. The number of hydrogen-bond donors (Lipinski definition) is 2. The zero-order chi connectivity index (χ0) is 15.2. The number of hydrogen-bond acceptors (Lipinski definition) is 5. The second-order valence-electron chi connectivity index (χ2n) is 4.60.